The van der Waals surface area contributed by atoms with E-state index in [4.69, 9.17) is 10.5 Å². The molecule has 0 heterocycles. The molecule has 1 aliphatic carbocycles. The molecule has 3 heteroatoms. The number of hydrogen-bond acceptors (Lipinski definition) is 3. The summed E-state index contributed by atoms with van der Waals surface area (Å²) in [4.78, 5) is 0. The molecule has 0 saturated heterocycles. The molecular weight excluding hydrogens is 260 g/mol. The summed E-state index contributed by atoms with van der Waals surface area (Å²) in [6.45, 7) is 6.16. The highest BCUT2D eigenvalue weighted by Gasteiger charge is 2.20. The molecule has 2 rings (SSSR count). The zero-order valence-corrected chi connectivity index (χ0v) is 13.5. The molecule has 0 spiro atoms. The molecule has 1 saturated carbocycles. The largest absolute Gasteiger partial charge is 0.491 e. The van der Waals surface area contributed by atoms with E-state index >= 15 is 0 Å². The first-order valence-electron chi connectivity index (χ1n) is 8.49. The summed E-state index contributed by atoms with van der Waals surface area (Å²) in [5.41, 5.74) is 7.95. The number of benzene rings is 1. The number of rotatable bonds is 7. The molecule has 1 aromatic carbocycles. The lowest BCUT2D eigenvalue weighted by Gasteiger charge is -2.28. The lowest BCUT2D eigenvalue weighted by atomic mass is 9.81. The van der Waals surface area contributed by atoms with Gasteiger partial charge in [0, 0.05) is 6.54 Å². The highest BCUT2D eigenvalue weighted by atomic mass is 16.5. The molecule has 0 aliphatic heterocycles. The van der Waals surface area contributed by atoms with Crippen molar-refractivity contribution in [3.05, 3.63) is 18.2 Å². The van der Waals surface area contributed by atoms with Crippen LogP contribution >= 0.6 is 0 Å². The fourth-order valence-electron chi connectivity index (χ4n) is 3.13. The van der Waals surface area contributed by atoms with Crippen LogP contribution in [0.2, 0.25) is 0 Å². The maximum atomic E-state index is 6.20. The van der Waals surface area contributed by atoms with Crippen LogP contribution in [0.3, 0.4) is 0 Å². The third kappa shape index (κ3) is 4.55. The lowest BCUT2D eigenvalue weighted by Crippen LogP contribution is -2.21. The van der Waals surface area contributed by atoms with Gasteiger partial charge in [-0.2, -0.15) is 0 Å². The maximum absolute atomic E-state index is 6.20. The molecule has 1 fully saturated rings. The Hall–Kier alpha value is -1.38. The number of anilines is 2. The van der Waals surface area contributed by atoms with Gasteiger partial charge in [0.25, 0.3) is 0 Å². The average molecular weight is 290 g/mol. The van der Waals surface area contributed by atoms with Crippen molar-refractivity contribution in [3.63, 3.8) is 0 Å². The fourth-order valence-corrected chi connectivity index (χ4v) is 3.13. The first kappa shape index (κ1) is 16.0. The van der Waals surface area contributed by atoms with E-state index in [1.54, 1.807) is 0 Å². The van der Waals surface area contributed by atoms with Crippen LogP contribution in [-0.2, 0) is 0 Å². The minimum atomic E-state index is 0.717. The van der Waals surface area contributed by atoms with E-state index in [-0.39, 0.29) is 0 Å². The molecule has 3 N–H and O–H groups in total. The number of hydrogen-bond donors (Lipinski definition) is 2. The Balaban J connectivity index is 1.85. The van der Waals surface area contributed by atoms with Gasteiger partial charge in [0.05, 0.1) is 18.0 Å². The summed E-state index contributed by atoms with van der Waals surface area (Å²) in [5, 5.41) is 3.53. The predicted molar refractivity (Wildman–Crippen MR) is 90.9 cm³/mol. The van der Waals surface area contributed by atoms with Crippen molar-refractivity contribution < 1.29 is 4.74 Å². The van der Waals surface area contributed by atoms with Gasteiger partial charge in [-0.1, -0.05) is 39.2 Å². The first-order valence-corrected chi connectivity index (χ1v) is 8.49. The molecule has 0 bridgehead atoms. The first-order chi connectivity index (χ1) is 10.2. The van der Waals surface area contributed by atoms with Crippen LogP contribution in [0, 0.1) is 11.8 Å². The van der Waals surface area contributed by atoms with Gasteiger partial charge in [0.2, 0.25) is 0 Å². The molecule has 1 aliphatic rings. The third-order valence-corrected chi connectivity index (χ3v) is 4.65. The topological polar surface area (TPSA) is 47.3 Å². The Morgan fingerprint density at radius 1 is 1.14 bits per heavy atom. The SMILES string of the molecule is CCCOc1cccc(NCC2CCC(CC)CC2)c1N. The van der Waals surface area contributed by atoms with Crippen molar-refractivity contribution >= 4 is 11.4 Å². The molecule has 1 aromatic rings. The number of nitrogens with one attached hydrogen (secondary N) is 1. The number of ether oxygens (including phenoxy) is 1. The average Bonchev–Trinajstić information content (AvgIpc) is 2.53. The number of nitrogen functional groups attached to an aromatic ring is 1. The highest BCUT2D eigenvalue weighted by molar-refractivity contribution is 5.72. The van der Waals surface area contributed by atoms with Gasteiger partial charge in [0.15, 0.2) is 0 Å². The van der Waals surface area contributed by atoms with Crippen LogP contribution in [0.1, 0.15) is 52.4 Å². The van der Waals surface area contributed by atoms with Crippen molar-refractivity contribution in [2.24, 2.45) is 11.8 Å². The van der Waals surface area contributed by atoms with Gasteiger partial charge in [-0.05, 0) is 43.2 Å². The van der Waals surface area contributed by atoms with Crippen LogP contribution in [0.15, 0.2) is 18.2 Å². The molecule has 3 nitrogen and oxygen atoms in total. The molecule has 0 aromatic heterocycles. The van der Waals surface area contributed by atoms with E-state index in [0.717, 1.165) is 41.9 Å². The smallest absolute Gasteiger partial charge is 0.144 e. The van der Waals surface area contributed by atoms with Gasteiger partial charge in [-0.25, -0.2) is 0 Å². The van der Waals surface area contributed by atoms with Crippen molar-refractivity contribution in [2.75, 3.05) is 24.2 Å². The second kappa shape index (κ2) is 8.16. The summed E-state index contributed by atoms with van der Waals surface area (Å²) in [5.74, 6) is 2.54. The Morgan fingerprint density at radius 2 is 1.86 bits per heavy atom. The Morgan fingerprint density at radius 3 is 2.52 bits per heavy atom. The molecule has 0 atom stereocenters. The van der Waals surface area contributed by atoms with Crippen molar-refractivity contribution in [1.29, 1.82) is 0 Å². The molecule has 0 radical (unpaired) electrons. The summed E-state index contributed by atoms with van der Waals surface area (Å²) < 4.78 is 5.68. The third-order valence-electron chi connectivity index (χ3n) is 4.65. The second-order valence-corrected chi connectivity index (χ2v) is 6.24. The lowest BCUT2D eigenvalue weighted by molar-refractivity contribution is 0.278. The second-order valence-electron chi connectivity index (χ2n) is 6.24. The van der Waals surface area contributed by atoms with Gasteiger partial charge in [-0.3, -0.25) is 0 Å². The Bertz CT molecular complexity index is 425. The minimum absolute atomic E-state index is 0.717. The van der Waals surface area contributed by atoms with E-state index < -0.39 is 0 Å². The van der Waals surface area contributed by atoms with Crippen LogP contribution in [0.4, 0.5) is 11.4 Å². The maximum Gasteiger partial charge on any atom is 0.144 e. The van der Waals surface area contributed by atoms with Crippen molar-refractivity contribution in [1.82, 2.24) is 0 Å². The standard InChI is InChI=1S/C18H30N2O/c1-3-12-21-17-7-5-6-16(18(17)19)20-13-15-10-8-14(4-2)9-11-15/h5-7,14-15,20H,3-4,8-13,19H2,1-2H3. The minimum Gasteiger partial charge on any atom is -0.491 e. The number of nitrogens with two attached hydrogens (primary N) is 1. The quantitative estimate of drug-likeness (QED) is 0.716. The Kier molecular flexibility index (Phi) is 6.21. The highest BCUT2D eigenvalue weighted by Crippen LogP contribution is 2.33. The van der Waals surface area contributed by atoms with E-state index in [9.17, 15) is 0 Å². The zero-order valence-electron chi connectivity index (χ0n) is 13.5. The van der Waals surface area contributed by atoms with E-state index in [1.165, 1.54) is 32.1 Å². The zero-order chi connectivity index (χ0) is 15.1. The normalized spacial score (nSPS) is 22.0. The van der Waals surface area contributed by atoms with Crippen LogP contribution in [-0.4, -0.2) is 13.2 Å². The van der Waals surface area contributed by atoms with Crippen molar-refractivity contribution in [2.45, 2.75) is 52.4 Å². The van der Waals surface area contributed by atoms with Crippen LogP contribution < -0.4 is 15.8 Å². The summed E-state index contributed by atoms with van der Waals surface area (Å²) in [6, 6.07) is 6.01. The monoisotopic (exact) mass is 290 g/mol. The van der Waals surface area contributed by atoms with E-state index in [0.29, 0.717) is 6.61 Å². The van der Waals surface area contributed by atoms with Crippen molar-refractivity contribution in [3.8, 4) is 5.75 Å². The van der Waals surface area contributed by atoms with Gasteiger partial charge >= 0.3 is 0 Å². The summed E-state index contributed by atoms with van der Waals surface area (Å²) in [6.07, 6.45) is 7.80. The molecule has 0 amide bonds. The number of para-hydroxylation sites is 1. The van der Waals surface area contributed by atoms with Gasteiger partial charge < -0.3 is 15.8 Å². The molecular formula is C18H30N2O. The molecule has 118 valence electrons. The molecule has 0 unspecified atom stereocenters. The van der Waals surface area contributed by atoms with Gasteiger partial charge in [-0.15, -0.1) is 0 Å². The van der Waals surface area contributed by atoms with Gasteiger partial charge in [0.1, 0.15) is 5.75 Å². The summed E-state index contributed by atoms with van der Waals surface area (Å²) in [7, 11) is 0. The molecule has 21 heavy (non-hydrogen) atoms. The Labute approximate surface area is 129 Å². The van der Waals surface area contributed by atoms with E-state index in [2.05, 4.69) is 19.2 Å². The fraction of sp³-hybridized carbons (Fsp3) is 0.667. The van der Waals surface area contributed by atoms with Crippen LogP contribution in [0.5, 0.6) is 5.75 Å². The van der Waals surface area contributed by atoms with Crippen LogP contribution in [0.25, 0.3) is 0 Å². The summed E-state index contributed by atoms with van der Waals surface area (Å²) >= 11 is 0. The predicted octanol–water partition coefficient (Wildman–Crippen LogP) is 4.69. The van der Waals surface area contributed by atoms with E-state index in [1.807, 2.05) is 18.2 Å².